The van der Waals surface area contributed by atoms with Crippen LogP contribution in [0.15, 0.2) is 11.6 Å². The minimum Gasteiger partial charge on any atom is -0.355 e. The Balaban J connectivity index is 1.80. The molecule has 1 heterocycles. The lowest BCUT2D eigenvalue weighted by atomic mass is 9.90. The van der Waals surface area contributed by atoms with Gasteiger partial charge in [-0.3, -0.25) is 9.59 Å². The molecule has 1 saturated heterocycles. The fraction of sp³-hybridized carbons (Fsp3) is 0.765. The first kappa shape index (κ1) is 16.1. The summed E-state index contributed by atoms with van der Waals surface area (Å²) in [4.78, 5) is 26.6. The summed E-state index contributed by atoms with van der Waals surface area (Å²) in [5.41, 5.74) is 0.496. The summed E-state index contributed by atoms with van der Waals surface area (Å²) in [5, 5.41) is 2.95. The highest BCUT2D eigenvalue weighted by Gasteiger charge is 2.39. The highest BCUT2D eigenvalue weighted by Crippen LogP contribution is 2.23. The van der Waals surface area contributed by atoms with Crippen LogP contribution >= 0.6 is 0 Å². The van der Waals surface area contributed by atoms with Crippen molar-refractivity contribution < 1.29 is 9.59 Å². The number of allylic oxidation sites excluding steroid dienone is 1. The van der Waals surface area contributed by atoms with Crippen LogP contribution in [0, 0.1) is 5.41 Å². The quantitative estimate of drug-likeness (QED) is 0.625. The molecule has 0 aromatic rings. The summed E-state index contributed by atoms with van der Waals surface area (Å²) in [6.07, 6.45) is 10.2. The van der Waals surface area contributed by atoms with E-state index in [4.69, 9.17) is 0 Å². The van der Waals surface area contributed by atoms with Gasteiger partial charge < -0.3 is 10.2 Å². The molecule has 0 atom stereocenters. The molecular weight excluding hydrogens is 264 g/mol. The van der Waals surface area contributed by atoms with Crippen molar-refractivity contribution >= 4 is 11.8 Å². The van der Waals surface area contributed by atoms with E-state index < -0.39 is 5.41 Å². The van der Waals surface area contributed by atoms with Crippen LogP contribution in [0.25, 0.3) is 0 Å². The summed E-state index contributed by atoms with van der Waals surface area (Å²) in [5.74, 6) is -0.176. The first-order chi connectivity index (χ1) is 10.0. The van der Waals surface area contributed by atoms with Crippen LogP contribution in [-0.4, -0.2) is 36.3 Å². The Labute approximate surface area is 128 Å². The van der Waals surface area contributed by atoms with E-state index in [-0.39, 0.29) is 11.8 Å². The van der Waals surface area contributed by atoms with E-state index >= 15 is 0 Å². The number of nitrogens with zero attached hydrogens (tertiary/aromatic N) is 1. The van der Waals surface area contributed by atoms with Gasteiger partial charge in [-0.1, -0.05) is 11.6 Å². The van der Waals surface area contributed by atoms with Crippen molar-refractivity contribution in [2.45, 2.75) is 58.8 Å². The van der Waals surface area contributed by atoms with Crippen LogP contribution in [0.5, 0.6) is 0 Å². The van der Waals surface area contributed by atoms with Crippen molar-refractivity contribution in [1.82, 2.24) is 10.2 Å². The zero-order chi connectivity index (χ0) is 15.3. The Hall–Kier alpha value is -1.32. The molecule has 21 heavy (non-hydrogen) atoms. The number of hydrogen-bond donors (Lipinski definition) is 1. The maximum absolute atomic E-state index is 12.4. The van der Waals surface area contributed by atoms with Gasteiger partial charge in [-0.15, -0.1) is 0 Å². The smallest absolute Gasteiger partial charge is 0.237 e. The minimum absolute atomic E-state index is 0.0330. The predicted molar refractivity (Wildman–Crippen MR) is 83.8 cm³/mol. The first-order valence-corrected chi connectivity index (χ1v) is 8.27. The first-order valence-electron chi connectivity index (χ1n) is 8.27. The Bertz CT molecular complexity index is 421. The third kappa shape index (κ3) is 4.08. The maximum atomic E-state index is 12.4. The van der Waals surface area contributed by atoms with Gasteiger partial charge in [0.2, 0.25) is 11.8 Å². The molecule has 0 aromatic carbocycles. The van der Waals surface area contributed by atoms with Crippen LogP contribution in [0.3, 0.4) is 0 Å². The van der Waals surface area contributed by atoms with E-state index in [0.717, 1.165) is 38.8 Å². The Morgan fingerprint density at radius 2 is 1.90 bits per heavy atom. The van der Waals surface area contributed by atoms with Crippen molar-refractivity contribution in [3.8, 4) is 0 Å². The summed E-state index contributed by atoms with van der Waals surface area (Å²) in [6.45, 7) is 5.71. The van der Waals surface area contributed by atoms with E-state index in [9.17, 15) is 9.59 Å². The van der Waals surface area contributed by atoms with Crippen molar-refractivity contribution in [1.29, 1.82) is 0 Å². The molecular formula is C17H28N2O2. The van der Waals surface area contributed by atoms with Crippen LogP contribution in [-0.2, 0) is 9.59 Å². The molecule has 4 heteroatoms. The lowest BCUT2D eigenvalue weighted by Crippen LogP contribution is -2.49. The molecule has 0 bridgehead atoms. The molecule has 1 N–H and O–H groups in total. The second kappa shape index (κ2) is 7.10. The predicted octanol–water partition coefficient (Wildman–Crippen LogP) is 2.64. The Morgan fingerprint density at radius 1 is 1.19 bits per heavy atom. The van der Waals surface area contributed by atoms with Gasteiger partial charge in [0.1, 0.15) is 5.41 Å². The average Bonchev–Trinajstić information content (AvgIpc) is 3.01. The van der Waals surface area contributed by atoms with Gasteiger partial charge >= 0.3 is 0 Å². The van der Waals surface area contributed by atoms with Crippen LogP contribution in [0.4, 0.5) is 0 Å². The van der Waals surface area contributed by atoms with E-state index in [1.165, 1.54) is 24.8 Å². The number of nitrogens with one attached hydrogen (secondary N) is 1. The van der Waals surface area contributed by atoms with Gasteiger partial charge in [-0.2, -0.15) is 0 Å². The second-order valence-corrected chi connectivity index (χ2v) is 6.74. The summed E-state index contributed by atoms with van der Waals surface area (Å²) in [6, 6.07) is 0. The van der Waals surface area contributed by atoms with Crippen molar-refractivity contribution in [3.05, 3.63) is 11.6 Å². The van der Waals surface area contributed by atoms with Crippen molar-refractivity contribution in [3.63, 3.8) is 0 Å². The number of likely N-dealkylation sites (tertiary alicyclic amines) is 1. The zero-order valence-corrected chi connectivity index (χ0v) is 13.4. The average molecular weight is 292 g/mol. The van der Waals surface area contributed by atoms with Gasteiger partial charge in [-0.25, -0.2) is 0 Å². The maximum Gasteiger partial charge on any atom is 0.237 e. The van der Waals surface area contributed by atoms with Gasteiger partial charge in [0.05, 0.1) is 0 Å². The van der Waals surface area contributed by atoms with Crippen molar-refractivity contribution in [2.75, 3.05) is 19.6 Å². The number of carbonyl (C=O) groups is 2. The number of hydrogen-bond acceptors (Lipinski definition) is 2. The standard InChI is InChI=1S/C17H28N2O2/c1-17(2,16(21)19-12-6-7-13-19)15(20)18-11-10-14-8-4-3-5-9-14/h8H,3-7,9-13H2,1-2H3,(H,18,20). The highest BCUT2D eigenvalue weighted by atomic mass is 16.2. The lowest BCUT2D eigenvalue weighted by molar-refractivity contribution is -0.147. The summed E-state index contributed by atoms with van der Waals surface area (Å²) >= 11 is 0. The molecule has 0 unspecified atom stereocenters. The largest absolute Gasteiger partial charge is 0.355 e. The van der Waals surface area contributed by atoms with Gasteiger partial charge in [0.25, 0.3) is 0 Å². The fourth-order valence-electron chi connectivity index (χ4n) is 3.10. The Morgan fingerprint density at radius 3 is 2.52 bits per heavy atom. The van der Waals surface area contributed by atoms with Gasteiger partial charge in [-0.05, 0) is 58.8 Å². The van der Waals surface area contributed by atoms with E-state index in [1.54, 1.807) is 13.8 Å². The van der Waals surface area contributed by atoms with Gasteiger partial charge in [0.15, 0.2) is 0 Å². The van der Waals surface area contributed by atoms with Gasteiger partial charge in [0, 0.05) is 19.6 Å². The van der Waals surface area contributed by atoms with E-state index in [1.807, 2.05) is 4.90 Å². The molecule has 0 saturated carbocycles. The Kier molecular flexibility index (Phi) is 5.43. The molecule has 2 rings (SSSR count). The highest BCUT2D eigenvalue weighted by molar-refractivity contribution is 6.04. The molecule has 4 nitrogen and oxygen atoms in total. The molecule has 118 valence electrons. The van der Waals surface area contributed by atoms with Crippen LogP contribution in [0.1, 0.15) is 58.8 Å². The number of rotatable bonds is 5. The molecule has 1 aliphatic heterocycles. The normalized spacial score (nSPS) is 19.3. The number of amides is 2. The van der Waals surface area contributed by atoms with Crippen LogP contribution < -0.4 is 5.32 Å². The fourth-order valence-corrected chi connectivity index (χ4v) is 3.10. The molecule has 1 aliphatic carbocycles. The monoisotopic (exact) mass is 292 g/mol. The molecule has 0 spiro atoms. The molecule has 2 amide bonds. The van der Waals surface area contributed by atoms with E-state index in [2.05, 4.69) is 11.4 Å². The van der Waals surface area contributed by atoms with Crippen LogP contribution in [0.2, 0.25) is 0 Å². The third-order valence-electron chi connectivity index (χ3n) is 4.61. The third-order valence-corrected chi connectivity index (χ3v) is 4.61. The van der Waals surface area contributed by atoms with E-state index in [0.29, 0.717) is 6.54 Å². The topological polar surface area (TPSA) is 49.4 Å². The zero-order valence-electron chi connectivity index (χ0n) is 13.4. The minimum atomic E-state index is -0.953. The molecule has 0 aromatic heterocycles. The lowest BCUT2D eigenvalue weighted by Gasteiger charge is -2.28. The summed E-state index contributed by atoms with van der Waals surface area (Å²) < 4.78 is 0. The second-order valence-electron chi connectivity index (χ2n) is 6.74. The molecule has 2 aliphatic rings. The SMILES string of the molecule is CC(C)(C(=O)NCCC1=CCCCC1)C(=O)N1CCCC1. The van der Waals surface area contributed by atoms with Crippen molar-refractivity contribution in [2.24, 2.45) is 5.41 Å². The molecule has 1 fully saturated rings. The molecule has 0 radical (unpaired) electrons. The summed E-state index contributed by atoms with van der Waals surface area (Å²) in [7, 11) is 0. The number of carbonyl (C=O) groups excluding carboxylic acids is 2.